The number of H-pyrrole nitrogens is 1. The summed E-state index contributed by atoms with van der Waals surface area (Å²) in [6, 6.07) is 10.7. The monoisotopic (exact) mass is 419 g/mol. The summed E-state index contributed by atoms with van der Waals surface area (Å²) in [6.45, 7) is 2.38. The van der Waals surface area contributed by atoms with Crippen molar-refractivity contribution in [2.75, 3.05) is 6.54 Å². The van der Waals surface area contributed by atoms with Crippen molar-refractivity contribution in [2.24, 2.45) is 0 Å². The van der Waals surface area contributed by atoms with E-state index in [0.717, 1.165) is 28.9 Å². The summed E-state index contributed by atoms with van der Waals surface area (Å²) < 4.78 is 45.1. The maximum Gasteiger partial charge on any atom is 0.446 e. The largest absolute Gasteiger partial charge is 0.446 e. The molecule has 5 nitrogen and oxygen atoms in total. The number of aromatic nitrogens is 2. The molecule has 9 heteroatoms. The first-order valence-corrected chi connectivity index (χ1v) is 8.94. The lowest BCUT2D eigenvalue weighted by Gasteiger charge is -2.11. The minimum absolute atomic E-state index is 0.0476. The van der Waals surface area contributed by atoms with Crippen LogP contribution in [0.15, 0.2) is 42.6 Å². The molecule has 3 heterocycles. The summed E-state index contributed by atoms with van der Waals surface area (Å²) in [5.74, 6) is -0.291. The zero-order valence-electron chi connectivity index (χ0n) is 15.8. The van der Waals surface area contributed by atoms with Gasteiger partial charge in [0, 0.05) is 41.7 Å². The van der Waals surface area contributed by atoms with Crippen LogP contribution in [0, 0.1) is 12.7 Å². The third kappa shape index (κ3) is 4.91. The van der Waals surface area contributed by atoms with E-state index in [1.807, 2.05) is 24.3 Å². The molecule has 1 aliphatic rings. The number of pyridine rings is 1. The Kier molecular flexibility index (Phi) is 6.00. The lowest BCUT2D eigenvalue weighted by atomic mass is 10.1. The van der Waals surface area contributed by atoms with Crippen molar-refractivity contribution in [3.8, 4) is 22.5 Å². The van der Waals surface area contributed by atoms with Gasteiger partial charge in [0.25, 0.3) is 5.91 Å². The van der Waals surface area contributed by atoms with Crippen molar-refractivity contribution in [3.05, 3.63) is 65.2 Å². The highest BCUT2D eigenvalue weighted by Gasteiger charge is 2.25. The van der Waals surface area contributed by atoms with Gasteiger partial charge in [-0.3, -0.25) is 14.6 Å². The van der Waals surface area contributed by atoms with E-state index in [-0.39, 0.29) is 11.7 Å². The van der Waals surface area contributed by atoms with Gasteiger partial charge in [-0.1, -0.05) is 12.1 Å². The molecule has 30 heavy (non-hydrogen) atoms. The van der Waals surface area contributed by atoms with Crippen molar-refractivity contribution < 1.29 is 27.2 Å². The van der Waals surface area contributed by atoms with E-state index in [2.05, 4.69) is 15.3 Å². The van der Waals surface area contributed by atoms with Gasteiger partial charge in [-0.05, 0) is 36.8 Å². The number of hydrogen-bond donors (Lipinski definition) is 2. The number of benzene rings is 1. The molecule has 0 atom stereocenters. The van der Waals surface area contributed by atoms with Crippen molar-refractivity contribution in [2.45, 2.75) is 19.5 Å². The number of carbonyl (C=O) groups excluding carboxylic acids is 2. The quantitative estimate of drug-likeness (QED) is 0.482. The van der Waals surface area contributed by atoms with E-state index in [0.29, 0.717) is 23.4 Å². The van der Waals surface area contributed by atoms with Gasteiger partial charge in [0.15, 0.2) is 0 Å². The molecular formula is C21H17F4N3O2. The molecule has 156 valence electrons. The Bertz CT molecular complexity index is 1090. The number of rotatable bonds is 2. The van der Waals surface area contributed by atoms with E-state index < -0.39 is 12.5 Å². The van der Waals surface area contributed by atoms with E-state index in [9.17, 15) is 22.4 Å². The van der Waals surface area contributed by atoms with Crippen LogP contribution in [0.4, 0.5) is 17.6 Å². The first-order valence-electron chi connectivity index (χ1n) is 8.94. The van der Waals surface area contributed by atoms with Crippen LogP contribution in [0.5, 0.6) is 0 Å². The maximum atomic E-state index is 13.8. The van der Waals surface area contributed by atoms with Crippen LogP contribution in [0.1, 0.15) is 21.6 Å². The number of amides is 1. The molecule has 4 rings (SSSR count). The van der Waals surface area contributed by atoms with Gasteiger partial charge in [-0.2, -0.15) is 13.2 Å². The third-order valence-corrected chi connectivity index (χ3v) is 4.48. The summed E-state index contributed by atoms with van der Waals surface area (Å²) in [6.07, 6.45) is -3.21. The molecule has 0 unspecified atom stereocenters. The molecule has 0 fully saturated rings. The number of nitrogens with zero attached hydrogens (tertiary/aromatic N) is 1. The average molecular weight is 419 g/mol. The zero-order valence-corrected chi connectivity index (χ0v) is 15.8. The first-order chi connectivity index (χ1) is 14.2. The van der Waals surface area contributed by atoms with Gasteiger partial charge in [0.1, 0.15) is 5.82 Å². The molecule has 1 aromatic carbocycles. The molecular weight excluding hydrogens is 402 g/mol. The van der Waals surface area contributed by atoms with Crippen molar-refractivity contribution in [1.82, 2.24) is 15.3 Å². The number of aldehydes is 1. The van der Waals surface area contributed by atoms with Crippen LogP contribution in [0.25, 0.3) is 22.5 Å². The van der Waals surface area contributed by atoms with Crippen LogP contribution >= 0.6 is 0 Å². The Morgan fingerprint density at radius 1 is 1.10 bits per heavy atom. The zero-order chi connectivity index (χ0) is 21.9. The van der Waals surface area contributed by atoms with E-state index in [1.165, 1.54) is 6.07 Å². The van der Waals surface area contributed by atoms with E-state index in [4.69, 9.17) is 4.79 Å². The number of aryl methyl sites for hydroxylation is 1. The Balaban J connectivity index is 0.000000377. The molecule has 0 radical (unpaired) electrons. The first kappa shape index (κ1) is 21.2. The fourth-order valence-electron chi connectivity index (χ4n) is 2.96. The normalized spacial score (nSPS) is 13.0. The molecule has 1 aliphatic heterocycles. The number of alkyl halides is 3. The lowest BCUT2D eigenvalue weighted by Crippen LogP contribution is -2.31. The van der Waals surface area contributed by atoms with Crippen LogP contribution < -0.4 is 5.32 Å². The van der Waals surface area contributed by atoms with Crippen molar-refractivity contribution in [3.63, 3.8) is 0 Å². The van der Waals surface area contributed by atoms with Gasteiger partial charge in [0.05, 0.1) is 11.3 Å². The summed E-state index contributed by atoms with van der Waals surface area (Å²) in [5.41, 5.74) is 5.47. The predicted octanol–water partition coefficient (Wildman–Crippen LogP) is 4.22. The molecule has 2 N–H and O–H groups in total. The number of halogens is 4. The van der Waals surface area contributed by atoms with Crippen LogP contribution in [0.3, 0.4) is 0 Å². The second-order valence-corrected chi connectivity index (χ2v) is 6.63. The minimum atomic E-state index is -4.64. The highest BCUT2D eigenvalue weighted by Crippen LogP contribution is 2.27. The molecule has 0 aliphatic carbocycles. The van der Waals surface area contributed by atoms with E-state index >= 15 is 0 Å². The molecule has 0 saturated heterocycles. The van der Waals surface area contributed by atoms with E-state index in [1.54, 1.807) is 19.2 Å². The Morgan fingerprint density at radius 3 is 2.47 bits per heavy atom. The number of nitrogens with one attached hydrogen (secondary N) is 2. The maximum absolute atomic E-state index is 13.8. The van der Waals surface area contributed by atoms with Crippen LogP contribution in [-0.2, 0) is 11.2 Å². The van der Waals surface area contributed by atoms with Gasteiger partial charge in [-0.15, -0.1) is 0 Å². The number of carbonyl (C=O) groups is 2. The second kappa shape index (κ2) is 8.48. The fourth-order valence-corrected chi connectivity index (χ4v) is 2.96. The molecule has 1 amide bonds. The summed E-state index contributed by atoms with van der Waals surface area (Å²) in [7, 11) is 0. The minimum Gasteiger partial charge on any atom is -0.358 e. The smallest absolute Gasteiger partial charge is 0.358 e. The van der Waals surface area contributed by atoms with Crippen LogP contribution in [0.2, 0.25) is 0 Å². The fraction of sp³-hybridized carbons (Fsp3) is 0.190. The molecule has 0 spiro atoms. The highest BCUT2D eigenvalue weighted by atomic mass is 19.4. The standard InChI is InChI=1S/C19H16FN3O.C2HF3O/c1-11-2-3-12(8-15(11)20)17-9-13(4-6-21-17)18-10-14-16(23-18)5-7-22-19(14)24;3-2(4,5)1-6/h2-4,6,8-10,23H,5,7H2,1H3,(H,22,24);1H. The summed E-state index contributed by atoms with van der Waals surface area (Å²) >= 11 is 0. The van der Waals surface area contributed by atoms with Gasteiger partial charge < -0.3 is 10.3 Å². The summed E-state index contributed by atoms with van der Waals surface area (Å²) in [4.78, 5) is 28.3. The molecule has 2 aromatic heterocycles. The second-order valence-electron chi connectivity index (χ2n) is 6.63. The molecule has 0 saturated carbocycles. The van der Waals surface area contributed by atoms with Crippen molar-refractivity contribution >= 4 is 12.2 Å². The Hall–Kier alpha value is -3.49. The number of hydrogen-bond acceptors (Lipinski definition) is 3. The van der Waals surface area contributed by atoms with Gasteiger partial charge >= 0.3 is 6.18 Å². The Labute approximate surface area is 169 Å². The third-order valence-electron chi connectivity index (χ3n) is 4.48. The van der Waals surface area contributed by atoms with Crippen molar-refractivity contribution in [1.29, 1.82) is 0 Å². The topological polar surface area (TPSA) is 74.8 Å². The SMILES string of the molecule is Cc1ccc(-c2cc(-c3cc4c([nH]3)CCNC4=O)ccn2)cc1F.O=CC(F)(F)F. The predicted molar refractivity (Wildman–Crippen MR) is 102 cm³/mol. The van der Waals surface area contributed by atoms with Gasteiger partial charge in [-0.25, -0.2) is 4.39 Å². The molecule has 3 aromatic rings. The number of aromatic amines is 1. The van der Waals surface area contributed by atoms with Gasteiger partial charge in [0.2, 0.25) is 6.29 Å². The number of fused-ring (bicyclic) bond motifs is 1. The summed E-state index contributed by atoms with van der Waals surface area (Å²) in [5, 5.41) is 2.84. The average Bonchev–Trinajstić information content (AvgIpc) is 3.16. The highest BCUT2D eigenvalue weighted by molar-refractivity contribution is 5.97. The van der Waals surface area contributed by atoms with Crippen LogP contribution in [-0.4, -0.2) is 34.9 Å². The lowest BCUT2D eigenvalue weighted by molar-refractivity contribution is -0.156. The Morgan fingerprint density at radius 2 is 1.83 bits per heavy atom. The molecule has 0 bridgehead atoms.